The summed E-state index contributed by atoms with van der Waals surface area (Å²) in [5.41, 5.74) is 4.13. The van der Waals surface area contributed by atoms with Crippen LogP contribution < -0.4 is 10.6 Å². The number of hydrogen-bond acceptors (Lipinski definition) is 4. The summed E-state index contributed by atoms with van der Waals surface area (Å²) >= 11 is 0. The SMILES string of the molecule is CC(CCCNC(=O)C(CC(F)F)NC(=O)OCC1c2ccccc2-c2ccccc21)C(=O)O. The molecule has 0 fully saturated rings. The Morgan fingerprint density at radius 1 is 1.03 bits per heavy atom. The predicted molar refractivity (Wildman–Crippen MR) is 122 cm³/mol. The summed E-state index contributed by atoms with van der Waals surface area (Å²) in [5.74, 6) is -2.49. The molecule has 7 nitrogen and oxygen atoms in total. The van der Waals surface area contributed by atoms with Crippen LogP contribution in [0.2, 0.25) is 0 Å². The van der Waals surface area contributed by atoms with Gasteiger partial charge in [-0.1, -0.05) is 55.5 Å². The van der Waals surface area contributed by atoms with E-state index in [2.05, 4.69) is 10.6 Å². The average molecular weight is 475 g/mol. The first kappa shape index (κ1) is 25.1. The minimum atomic E-state index is -2.81. The van der Waals surface area contributed by atoms with Crippen molar-refractivity contribution in [3.05, 3.63) is 59.7 Å². The highest BCUT2D eigenvalue weighted by molar-refractivity contribution is 5.85. The zero-order valence-corrected chi connectivity index (χ0v) is 18.8. The number of ether oxygens (including phenoxy) is 1. The van der Waals surface area contributed by atoms with Gasteiger partial charge in [0.05, 0.1) is 5.92 Å². The second-order valence-electron chi connectivity index (χ2n) is 8.32. The van der Waals surface area contributed by atoms with Gasteiger partial charge in [-0.2, -0.15) is 0 Å². The van der Waals surface area contributed by atoms with Crippen molar-refractivity contribution >= 4 is 18.0 Å². The lowest BCUT2D eigenvalue weighted by Gasteiger charge is -2.19. The Morgan fingerprint density at radius 3 is 2.18 bits per heavy atom. The van der Waals surface area contributed by atoms with Crippen molar-refractivity contribution in [2.24, 2.45) is 5.92 Å². The molecule has 0 saturated carbocycles. The fourth-order valence-electron chi connectivity index (χ4n) is 4.06. The van der Waals surface area contributed by atoms with Crippen LogP contribution in [0.15, 0.2) is 48.5 Å². The lowest BCUT2D eigenvalue weighted by atomic mass is 9.98. The number of fused-ring (bicyclic) bond motifs is 3. The lowest BCUT2D eigenvalue weighted by Crippen LogP contribution is -2.48. The van der Waals surface area contributed by atoms with Crippen molar-refractivity contribution in [1.82, 2.24) is 10.6 Å². The summed E-state index contributed by atoms with van der Waals surface area (Å²) in [5, 5.41) is 13.6. The number of nitrogens with one attached hydrogen (secondary N) is 2. The largest absolute Gasteiger partial charge is 0.481 e. The van der Waals surface area contributed by atoms with E-state index in [-0.39, 0.29) is 19.1 Å². The highest BCUT2D eigenvalue weighted by atomic mass is 19.3. The van der Waals surface area contributed by atoms with E-state index in [0.29, 0.717) is 12.8 Å². The molecule has 3 rings (SSSR count). The van der Waals surface area contributed by atoms with Crippen LogP contribution in [0.1, 0.15) is 43.2 Å². The van der Waals surface area contributed by atoms with E-state index in [1.165, 1.54) is 0 Å². The second kappa shape index (κ2) is 11.6. The maximum absolute atomic E-state index is 13.0. The molecule has 1 aliphatic rings. The molecule has 3 N–H and O–H groups in total. The van der Waals surface area contributed by atoms with Crippen molar-refractivity contribution < 1.29 is 33.0 Å². The number of rotatable bonds is 11. The van der Waals surface area contributed by atoms with Gasteiger partial charge in [-0.3, -0.25) is 9.59 Å². The highest BCUT2D eigenvalue weighted by Crippen LogP contribution is 2.44. The summed E-state index contributed by atoms with van der Waals surface area (Å²) in [7, 11) is 0. The Hall–Kier alpha value is -3.49. The van der Waals surface area contributed by atoms with Crippen LogP contribution in [-0.4, -0.2) is 48.7 Å². The maximum Gasteiger partial charge on any atom is 0.407 e. The van der Waals surface area contributed by atoms with Crippen molar-refractivity contribution in [2.75, 3.05) is 13.2 Å². The third-order valence-corrected chi connectivity index (χ3v) is 5.90. The Balaban J connectivity index is 1.56. The normalized spacial score (nSPS) is 14.1. The monoisotopic (exact) mass is 474 g/mol. The van der Waals surface area contributed by atoms with E-state index >= 15 is 0 Å². The first-order valence-corrected chi connectivity index (χ1v) is 11.2. The van der Waals surface area contributed by atoms with E-state index in [4.69, 9.17) is 9.84 Å². The van der Waals surface area contributed by atoms with E-state index in [1.807, 2.05) is 48.5 Å². The van der Waals surface area contributed by atoms with Crippen LogP contribution in [-0.2, 0) is 14.3 Å². The van der Waals surface area contributed by atoms with Crippen molar-refractivity contribution in [2.45, 2.75) is 44.6 Å². The number of carbonyl (C=O) groups excluding carboxylic acids is 2. The number of alkyl halides is 2. The second-order valence-corrected chi connectivity index (χ2v) is 8.32. The number of halogens is 2. The highest BCUT2D eigenvalue weighted by Gasteiger charge is 2.30. The van der Waals surface area contributed by atoms with Gasteiger partial charge in [0.1, 0.15) is 12.6 Å². The quantitative estimate of drug-likeness (QED) is 0.424. The summed E-state index contributed by atoms with van der Waals surface area (Å²) in [4.78, 5) is 35.6. The van der Waals surface area contributed by atoms with Gasteiger partial charge in [-0.05, 0) is 35.1 Å². The van der Waals surface area contributed by atoms with Gasteiger partial charge in [-0.15, -0.1) is 0 Å². The number of alkyl carbamates (subject to hydrolysis) is 1. The molecule has 2 aromatic rings. The van der Waals surface area contributed by atoms with Crippen molar-refractivity contribution in [1.29, 1.82) is 0 Å². The molecule has 0 radical (unpaired) electrons. The van der Waals surface area contributed by atoms with Gasteiger partial charge in [0.2, 0.25) is 12.3 Å². The van der Waals surface area contributed by atoms with Gasteiger partial charge in [0.15, 0.2) is 0 Å². The number of aliphatic carboxylic acids is 1. The minimum Gasteiger partial charge on any atom is -0.481 e. The number of carbonyl (C=O) groups is 3. The molecule has 182 valence electrons. The molecule has 2 amide bonds. The predicted octanol–water partition coefficient (Wildman–Crippen LogP) is 4.17. The number of amides is 2. The average Bonchev–Trinajstić information content (AvgIpc) is 3.13. The maximum atomic E-state index is 13.0. The van der Waals surface area contributed by atoms with E-state index in [1.54, 1.807) is 6.92 Å². The van der Waals surface area contributed by atoms with E-state index in [9.17, 15) is 23.2 Å². The van der Waals surface area contributed by atoms with Gasteiger partial charge in [0, 0.05) is 18.9 Å². The van der Waals surface area contributed by atoms with Gasteiger partial charge in [0.25, 0.3) is 0 Å². The van der Waals surface area contributed by atoms with Crippen LogP contribution in [0.5, 0.6) is 0 Å². The zero-order valence-electron chi connectivity index (χ0n) is 18.8. The van der Waals surface area contributed by atoms with Crippen LogP contribution in [0.25, 0.3) is 11.1 Å². The Labute approximate surface area is 196 Å². The Kier molecular flexibility index (Phi) is 8.56. The molecule has 34 heavy (non-hydrogen) atoms. The van der Waals surface area contributed by atoms with Gasteiger partial charge < -0.3 is 20.5 Å². The van der Waals surface area contributed by atoms with Gasteiger partial charge in [-0.25, -0.2) is 13.6 Å². The number of carboxylic acids is 1. The van der Waals surface area contributed by atoms with Crippen LogP contribution in [0.4, 0.5) is 13.6 Å². The minimum absolute atomic E-state index is 0.00401. The summed E-state index contributed by atoms with van der Waals surface area (Å²) in [6.45, 7) is 1.65. The number of carboxylic acid groups (broad SMARTS) is 1. The molecular weight excluding hydrogens is 446 g/mol. The smallest absolute Gasteiger partial charge is 0.407 e. The summed E-state index contributed by atoms with van der Waals surface area (Å²) in [6.07, 6.45) is -3.93. The Bertz CT molecular complexity index is 984. The van der Waals surface area contributed by atoms with Gasteiger partial charge >= 0.3 is 12.1 Å². The molecule has 0 spiro atoms. The Morgan fingerprint density at radius 2 is 1.62 bits per heavy atom. The molecule has 2 unspecified atom stereocenters. The van der Waals surface area contributed by atoms with E-state index in [0.717, 1.165) is 22.3 Å². The molecule has 0 heterocycles. The molecule has 2 atom stereocenters. The van der Waals surface area contributed by atoms with Crippen molar-refractivity contribution in [3.63, 3.8) is 0 Å². The number of hydrogen-bond donors (Lipinski definition) is 3. The molecule has 0 aromatic heterocycles. The van der Waals surface area contributed by atoms with Crippen molar-refractivity contribution in [3.8, 4) is 11.1 Å². The third kappa shape index (κ3) is 6.30. The first-order chi connectivity index (χ1) is 16.3. The summed E-state index contributed by atoms with van der Waals surface area (Å²) in [6, 6.07) is 14.1. The third-order valence-electron chi connectivity index (χ3n) is 5.90. The first-order valence-electron chi connectivity index (χ1n) is 11.2. The molecule has 1 aliphatic carbocycles. The van der Waals surface area contributed by atoms with Crippen LogP contribution in [0, 0.1) is 5.92 Å². The number of benzene rings is 2. The van der Waals surface area contributed by atoms with Crippen LogP contribution in [0.3, 0.4) is 0 Å². The van der Waals surface area contributed by atoms with E-state index < -0.39 is 42.8 Å². The fraction of sp³-hybridized carbons (Fsp3) is 0.400. The standard InChI is InChI=1S/C25H28F2N2O5/c1-15(24(31)32)7-6-12-28-23(30)21(13-22(26)27)29-25(33)34-14-20-18-10-4-2-8-16(18)17-9-3-5-11-19(17)20/h2-5,8-11,15,20-22H,6-7,12-14H2,1H3,(H,28,30)(H,29,33)(H,31,32). The molecule has 0 aliphatic heterocycles. The molecule has 9 heteroatoms. The molecular formula is C25H28F2N2O5. The molecule has 2 aromatic carbocycles. The molecule has 0 saturated heterocycles. The lowest BCUT2D eigenvalue weighted by molar-refractivity contribution is -0.141. The van der Waals surface area contributed by atoms with Crippen LogP contribution >= 0.6 is 0 Å². The molecule has 0 bridgehead atoms. The topological polar surface area (TPSA) is 105 Å². The summed E-state index contributed by atoms with van der Waals surface area (Å²) < 4.78 is 31.4. The zero-order chi connectivity index (χ0) is 24.7. The fourth-order valence-corrected chi connectivity index (χ4v) is 4.06.